The molecule has 0 spiro atoms. The van der Waals surface area contributed by atoms with Crippen molar-refractivity contribution >= 4 is 6.41 Å². The number of carbonyl (C=O) groups excluding carboxylic acids is 1. The number of hydrogen-bond acceptors (Lipinski definition) is 3. The molecule has 1 amide bonds. The van der Waals surface area contributed by atoms with E-state index in [1.54, 1.807) is 12.4 Å². The lowest BCUT2D eigenvalue weighted by atomic mass is 10.3. The quantitative estimate of drug-likeness (QED) is 0.743. The van der Waals surface area contributed by atoms with Crippen LogP contribution in [0.2, 0.25) is 0 Å². The van der Waals surface area contributed by atoms with E-state index in [1.807, 2.05) is 29.0 Å². The lowest BCUT2D eigenvalue weighted by molar-refractivity contribution is -0.109. The van der Waals surface area contributed by atoms with E-state index in [0.29, 0.717) is 19.5 Å². The lowest BCUT2D eigenvalue weighted by Crippen LogP contribution is -2.15. The molecule has 2 heterocycles. The summed E-state index contributed by atoms with van der Waals surface area (Å²) in [7, 11) is 0. The van der Waals surface area contributed by atoms with Crippen LogP contribution in [0.15, 0.2) is 36.8 Å². The van der Waals surface area contributed by atoms with Gasteiger partial charge in [-0.15, -0.1) is 0 Å². The predicted molar refractivity (Wildman–Crippen MR) is 58.5 cm³/mol. The van der Waals surface area contributed by atoms with Crippen molar-refractivity contribution in [1.29, 1.82) is 0 Å². The standard InChI is InChI=1S/C11H12N4O/c16-9-12-7-11-14-5-6-15(11)8-10-3-1-2-4-13-10/h1-6,9H,7-8H2,(H,12,16). The molecular weight excluding hydrogens is 204 g/mol. The van der Waals surface area contributed by atoms with Crippen LogP contribution in [0.3, 0.4) is 0 Å². The number of rotatable bonds is 5. The number of hydrogen-bond donors (Lipinski definition) is 1. The molecule has 16 heavy (non-hydrogen) atoms. The van der Waals surface area contributed by atoms with Gasteiger partial charge in [-0.2, -0.15) is 0 Å². The monoisotopic (exact) mass is 216 g/mol. The van der Waals surface area contributed by atoms with Crippen LogP contribution in [0.5, 0.6) is 0 Å². The van der Waals surface area contributed by atoms with Gasteiger partial charge in [-0.25, -0.2) is 4.98 Å². The van der Waals surface area contributed by atoms with Crippen LogP contribution in [0.1, 0.15) is 11.5 Å². The molecule has 0 aliphatic heterocycles. The average molecular weight is 216 g/mol. The first-order valence-electron chi connectivity index (χ1n) is 4.97. The maximum atomic E-state index is 10.2. The van der Waals surface area contributed by atoms with Gasteiger partial charge < -0.3 is 9.88 Å². The molecule has 0 aliphatic carbocycles. The highest BCUT2D eigenvalue weighted by molar-refractivity contribution is 5.45. The zero-order valence-corrected chi connectivity index (χ0v) is 8.71. The highest BCUT2D eigenvalue weighted by Gasteiger charge is 2.02. The molecule has 0 aromatic carbocycles. The summed E-state index contributed by atoms with van der Waals surface area (Å²) in [5.41, 5.74) is 0.966. The van der Waals surface area contributed by atoms with E-state index >= 15 is 0 Å². The van der Waals surface area contributed by atoms with Gasteiger partial charge in [0.25, 0.3) is 0 Å². The van der Waals surface area contributed by atoms with Crippen molar-refractivity contribution in [2.45, 2.75) is 13.1 Å². The number of imidazole rings is 1. The molecule has 0 atom stereocenters. The van der Waals surface area contributed by atoms with E-state index < -0.39 is 0 Å². The Morgan fingerprint density at radius 3 is 3.00 bits per heavy atom. The van der Waals surface area contributed by atoms with E-state index in [9.17, 15) is 4.79 Å². The molecule has 1 N–H and O–H groups in total. The Kier molecular flexibility index (Phi) is 3.28. The second-order valence-corrected chi connectivity index (χ2v) is 3.29. The average Bonchev–Trinajstić information content (AvgIpc) is 2.75. The Morgan fingerprint density at radius 1 is 1.31 bits per heavy atom. The number of carbonyl (C=O) groups is 1. The Morgan fingerprint density at radius 2 is 2.25 bits per heavy atom. The summed E-state index contributed by atoms with van der Waals surface area (Å²) in [4.78, 5) is 18.6. The second-order valence-electron chi connectivity index (χ2n) is 3.29. The zero-order valence-electron chi connectivity index (χ0n) is 8.71. The van der Waals surface area contributed by atoms with Crippen LogP contribution >= 0.6 is 0 Å². The van der Waals surface area contributed by atoms with Gasteiger partial charge in [-0.3, -0.25) is 9.78 Å². The van der Waals surface area contributed by atoms with E-state index in [2.05, 4.69) is 15.3 Å². The van der Waals surface area contributed by atoms with Crippen LogP contribution < -0.4 is 5.32 Å². The topological polar surface area (TPSA) is 59.8 Å². The molecular formula is C11H12N4O. The first-order valence-corrected chi connectivity index (χ1v) is 4.97. The summed E-state index contributed by atoms with van der Waals surface area (Å²) < 4.78 is 1.96. The van der Waals surface area contributed by atoms with Gasteiger partial charge in [-0.1, -0.05) is 6.07 Å². The molecule has 0 bridgehead atoms. The molecule has 2 rings (SSSR count). The van der Waals surface area contributed by atoms with E-state index in [1.165, 1.54) is 0 Å². The minimum absolute atomic E-state index is 0.434. The lowest BCUT2D eigenvalue weighted by Gasteiger charge is -2.06. The SMILES string of the molecule is O=CNCc1nccn1Cc1ccccn1. The smallest absolute Gasteiger partial charge is 0.207 e. The summed E-state index contributed by atoms with van der Waals surface area (Å²) in [5.74, 6) is 0.817. The molecule has 0 aliphatic rings. The molecule has 0 saturated heterocycles. The maximum Gasteiger partial charge on any atom is 0.207 e. The molecule has 5 heteroatoms. The minimum Gasteiger partial charge on any atom is -0.351 e. The fourth-order valence-corrected chi connectivity index (χ4v) is 1.45. The van der Waals surface area contributed by atoms with Crippen molar-refractivity contribution < 1.29 is 4.79 Å². The Labute approximate surface area is 93.2 Å². The number of amides is 1. The molecule has 2 aromatic rings. The first-order chi connectivity index (χ1) is 7.90. The highest BCUT2D eigenvalue weighted by Crippen LogP contribution is 2.02. The van der Waals surface area contributed by atoms with Crippen molar-refractivity contribution in [1.82, 2.24) is 19.9 Å². The third-order valence-corrected chi connectivity index (χ3v) is 2.20. The van der Waals surface area contributed by atoms with Gasteiger partial charge in [0.1, 0.15) is 5.82 Å². The van der Waals surface area contributed by atoms with Gasteiger partial charge in [0, 0.05) is 18.6 Å². The summed E-state index contributed by atoms with van der Waals surface area (Å²) in [6.07, 6.45) is 6.01. The normalized spacial score (nSPS) is 10.0. The Bertz CT molecular complexity index is 452. The number of aromatic nitrogens is 3. The largest absolute Gasteiger partial charge is 0.351 e. The Balaban J connectivity index is 2.09. The van der Waals surface area contributed by atoms with Crippen molar-refractivity contribution in [2.24, 2.45) is 0 Å². The summed E-state index contributed by atoms with van der Waals surface area (Å²) in [6.45, 7) is 1.10. The highest BCUT2D eigenvalue weighted by atomic mass is 16.1. The fraction of sp³-hybridized carbons (Fsp3) is 0.182. The number of nitrogens with zero attached hydrogens (tertiary/aromatic N) is 3. The maximum absolute atomic E-state index is 10.2. The summed E-state index contributed by atoms with van der Waals surface area (Å²) in [6, 6.07) is 5.78. The van der Waals surface area contributed by atoms with E-state index in [0.717, 1.165) is 11.5 Å². The van der Waals surface area contributed by atoms with Crippen LogP contribution in [0.4, 0.5) is 0 Å². The van der Waals surface area contributed by atoms with Crippen LogP contribution in [-0.4, -0.2) is 20.9 Å². The second kappa shape index (κ2) is 5.06. The Hall–Kier alpha value is -2.17. The van der Waals surface area contributed by atoms with Crippen LogP contribution in [0, 0.1) is 0 Å². The van der Waals surface area contributed by atoms with Crippen molar-refractivity contribution in [2.75, 3.05) is 0 Å². The number of pyridine rings is 1. The molecule has 5 nitrogen and oxygen atoms in total. The van der Waals surface area contributed by atoms with Gasteiger partial charge in [0.15, 0.2) is 0 Å². The van der Waals surface area contributed by atoms with Crippen LogP contribution in [-0.2, 0) is 17.9 Å². The number of nitrogens with one attached hydrogen (secondary N) is 1. The van der Waals surface area contributed by atoms with Crippen LogP contribution in [0.25, 0.3) is 0 Å². The van der Waals surface area contributed by atoms with Crippen molar-refractivity contribution in [3.63, 3.8) is 0 Å². The van der Waals surface area contributed by atoms with Gasteiger partial charge in [-0.05, 0) is 12.1 Å². The third kappa shape index (κ3) is 2.44. The predicted octanol–water partition coefficient (Wildman–Crippen LogP) is 0.572. The summed E-state index contributed by atoms with van der Waals surface area (Å²) in [5, 5.41) is 2.59. The van der Waals surface area contributed by atoms with Gasteiger partial charge in [0.05, 0.1) is 18.8 Å². The minimum atomic E-state index is 0.434. The first kappa shape index (κ1) is 10.4. The molecule has 0 radical (unpaired) electrons. The van der Waals surface area contributed by atoms with Crippen molar-refractivity contribution in [3.8, 4) is 0 Å². The molecule has 82 valence electrons. The van der Waals surface area contributed by atoms with E-state index in [-0.39, 0.29) is 0 Å². The zero-order chi connectivity index (χ0) is 11.2. The third-order valence-electron chi connectivity index (χ3n) is 2.20. The summed E-state index contributed by atoms with van der Waals surface area (Å²) >= 11 is 0. The fourth-order valence-electron chi connectivity index (χ4n) is 1.45. The van der Waals surface area contributed by atoms with Crippen molar-refractivity contribution in [3.05, 3.63) is 48.3 Å². The molecule has 0 saturated carbocycles. The van der Waals surface area contributed by atoms with Gasteiger partial charge >= 0.3 is 0 Å². The van der Waals surface area contributed by atoms with Gasteiger partial charge in [0.2, 0.25) is 6.41 Å². The molecule has 2 aromatic heterocycles. The molecule has 0 unspecified atom stereocenters. The van der Waals surface area contributed by atoms with E-state index in [4.69, 9.17) is 0 Å². The molecule has 0 fully saturated rings.